The molecule has 0 amide bonds. The molecule has 0 N–H and O–H groups in total. The zero-order valence-corrected chi connectivity index (χ0v) is 16.7. The van der Waals surface area contributed by atoms with E-state index in [1.54, 1.807) is 18.2 Å². The molecule has 0 atom stereocenters. The standard InChI is InChI=1S/C20H24N2O5S/c1-2-25-18-6-4-3-5-17(18)21-9-11-22(12-10-21)28(23,24)16-7-8-19-20(15-16)27-14-13-26-19/h3-8,15H,2,9-14H2,1H3. The van der Waals surface area contributed by atoms with Gasteiger partial charge in [-0.3, -0.25) is 0 Å². The summed E-state index contributed by atoms with van der Waals surface area (Å²) in [4.78, 5) is 2.40. The molecular weight excluding hydrogens is 380 g/mol. The minimum Gasteiger partial charge on any atom is -0.492 e. The maximum atomic E-state index is 13.1. The molecule has 4 rings (SSSR count). The molecule has 0 bridgehead atoms. The second-order valence-corrected chi connectivity index (χ2v) is 8.54. The quantitative estimate of drug-likeness (QED) is 0.762. The first kappa shape index (κ1) is 18.9. The van der Waals surface area contributed by atoms with Crippen LogP contribution in [0, 0.1) is 0 Å². The minimum absolute atomic E-state index is 0.236. The molecule has 2 aromatic rings. The van der Waals surface area contributed by atoms with Crippen LogP contribution in [0.5, 0.6) is 17.2 Å². The van der Waals surface area contributed by atoms with Crippen molar-refractivity contribution in [2.45, 2.75) is 11.8 Å². The van der Waals surface area contributed by atoms with Crippen molar-refractivity contribution in [3.63, 3.8) is 0 Å². The predicted octanol–water partition coefficient (Wildman–Crippen LogP) is 2.37. The molecule has 0 radical (unpaired) electrons. The molecule has 1 saturated heterocycles. The van der Waals surface area contributed by atoms with Gasteiger partial charge in [0.15, 0.2) is 11.5 Å². The van der Waals surface area contributed by atoms with Crippen LogP contribution in [0.3, 0.4) is 0 Å². The van der Waals surface area contributed by atoms with E-state index >= 15 is 0 Å². The Morgan fingerprint density at radius 1 is 0.964 bits per heavy atom. The number of para-hydroxylation sites is 2. The van der Waals surface area contributed by atoms with Crippen molar-refractivity contribution < 1.29 is 22.6 Å². The van der Waals surface area contributed by atoms with Gasteiger partial charge in [0.2, 0.25) is 10.0 Å². The second-order valence-electron chi connectivity index (χ2n) is 6.60. The zero-order valence-electron chi connectivity index (χ0n) is 15.8. The molecule has 7 nitrogen and oxygen atoms in total. The first-order valence-corrected chi connectivity index (χ1v) is 10.9. The van der Waals surface area contributed by atoms with Crippen LogP contribution in [-0.4, -0.2) is 58.7 Å². The Balaban J connectivity index is 1.49. The summed E-state index contributed by atoms with van der Waals surface area (Å²) in [6.07, 6.45) is 0. The van der Waals surface area contributed by atoms with E-state index in [-0.39, 0.29) is 4.90 Å². The monoisotopic (exact) mass is 404 g/mol. The summed E-state index contributed by atoms with van der Waals surface area (Å²) < 4.78 is 44.4. The van der Waals surface area contributed by atoms with Crippen LogP contribution in [0.1, 0.15) is 6.92 Å². The SMILES string of the molecule is CCOc1ccccc1N1CCN(S(=O)(=O)c2ccc3c(c2)OCCO3)CC1. The molecule has 8 heteroatoms. The fourth-order valence-corrected chi connectivity index (χ4v) is 4.94. The third kappa shape index (κ3) is 3.62. The molecule has 0 spiro atoms. The van der Waals surface area contributed by atoms with Crippen LogP contribution in [0.2, 0.25) is 0 Å². The van der Waals surface area contributed by atoms with Crippen molar-refractivity contribution >= 4 is 15.7 Å². The van der Waals surface area contributed by atoms with E-state index in [2.05, 4.69) is 4.90 Å². The summed E-state index contributed by atoms with van der Waals surface area (Å²) in [6.45, 7) is 5.49. The third-order valence-corrected chi connectivity index (χ3v) is 6.79. The van der Waals surface area contributed by atoms with Crippen LogP contribution >= 0.6 is 0 Å². The molecule has 2 aromatic carbocycles. The van der Waals surface area contributed by atoms with Crippen LogP contribution in [0.4, 0.5) is 5.69 Å². The number of nitrogens with zero attached hydrogens (tertiary/aromatic N) is 2. The van der Waals surface area contributed by atoms with Crippen LogP contribution in [0.25, 0.3) is 0 Å². The molecule has 0 aliphatic carbocycles. The van der Waals surface area contributed by atoms with Gasteiger partial charge in [-0.1, -0.05) is 12.1 Å². The van der Waals surface area contributed by atoms with Crippen LogP contribution < -0.4 is 19.1 Å². The van der Waals surface area contributed by atoms with Gasteiger partial charge in [-0.2, -0.15) is 4.31 Å². The molecule has 0 saturated carbocycles. The lowest BCUT2D eigenvalue weighted by Gasteiger charge is -2.36. The number of ether oxygens (including phenoxy) is 3. The molecule has 0 unspecified atom stereocenters. The van der Waals surface area contributed by atoms with Crippen LogP contribution in [0.15, 0.2) is 47.4 Å². The Labute approximate surface area is 165 Å². The van der Waals surface area contributed by atoms with Gasteiger partial charge in [0.05, 0.1) is 17.2 Å². The summed E-state index contributed by atoms with van der Waals surface area (Å²) in [6, 6.07) is 12.7. The van der Waals surface area contributed by atoms with E-state index in [1.165, 1.54) is 4.31 Å². The van der Waals surface area contributed by atoms with Crippen molar-refractivity contribution in [3.05, 3.63) is 42.5 Å². The number of rotatable bonds is 5. The highest BCUT2D eigenvalue weighted by Crippen LogP contribution is 2.34. The average Bonchev–Trinajstić information content (AvgIpc) is 2.74. The average molecular weight is 404 g/mol. The number of fused-ring (bicyclic) bond motifs is 1. The third-order valence-electron chi connectivity index (χ3n) is 4.90. The molecule has 0 aromatic heterocycles. The number of anilines is 1. The van der Waals surface area contributed by atoms with Crippen molar-refractivity contribution in [2.24, 2.45) is 0 Å². The van der Waals surface area contributed by atoms with Crippen molar-refractivity contribution in [1.82, 2.24) is 4.31 Å². The normalized spacial score (nSPS) is 17.4. The van der Waals surface area contributed by atoms with E-state index in [0.29, 0.717) is 57.5 Å². The van der Waals surface area contributed by atoms with Gasteiger partial charge < -0.3 is 19.1 Å². The second kappa shape index (κ2) is 7.89. The molecule has 2 heterocycles. The fourth-order valence-electron chi connectivity index (χ4n) is 3.50. The molecule has 28 heavy (non-hydrogen) atoms. The maximum Gasteiger partial charge on any atom is 0.243 e. The van der Waals surface area contributed by atoms with Gasteiger partial charge in [-0.25, -0.2) is 8.42 Å². The van der Waals surface area contributed by atoms with E-state index in [9.17, 15) is 8.42 Å². The Morgan fingerprint density at radius 3 is 2.43 bits per heavy atom. The molecular formula is C20H24N2O5S. The first-order chi connectivity index (χ1) is 13.6. The number of benzene rings is 2. The number of sulfonamides is 1. The molecule has 1 fully saturated rings. The Hall–Kier alpha value is -2.45. The van der Waals surface area contributed by atoms with Gasteiger partial charge in [-0.05, 0) is 31.2 Å². The van der Waals surface area contributed by atoms with E-state index in [1.807, 2.05) is 31.2 Å². The molecule has 2 aliphatic rings. The van der Waals surface area contributed by atoms with Gasteiger partial charge in [0.25, 0.3) is 0 Å². The molecule has 2 aliphatic heterocycles. The Kier molecular flexibility index (Phi) is 5.32. The largest absolute Gasteiger partial charge is 0.492 e. The summed E-state index contributed by atoms with van der Waals surface area (Å²) in [5, 5.41) is 0. The first-order valence-electron chi connectivity index (χ1n) is 9.46. The van der Waals surface area contributed by atoms with Gasteiger partial charge >= 0.3 is 0 Å². The molecule has 150 valence electrons. The highest BCUT2D eigenvalue weighted by molar-refractivity contribution is 7.89. The van der Waals surface area contributed by atoms with E-state index in [0.717, 1.165) is 11.4 Å². The minimum atomic E-state index is -3.58. The summed E-state index contributed by atoms with van der Waals surface area (Å²) in [7, 11) is -3.58. The highest BCUT2D eigenvalue weighted by Gasteiger charge is 2.30. The number of hydrogen-bond acceptors (Lipinski definition) is 6. The lowest BCUT2D eigenvalue weighted by Crippen LogP contribution is -2.48. The van der Waals surface area contributed by atoms with E-state index in [4.69, 9.17) is 14.2 Å². The van der Waals surface area contributed by atoms with Crippen LogP contribution in [-0.2, 0) is 10.0 Å². The van der Waals surface area contributed by atoms with Crippen molar-refractivity contribution in [3.8, 4) is 17.2 Å². The zero-order chi connectivity index (χ0) is 19.6. The number of hydrogen-bond donors (Lipinski definition) is 0. The number of piperazine rings is 1. The smallest absolute Gasteiger partial charge is 0.243 e. The van der Waals surface area contributed by atoms with E-state index < -0.39 is 10.0 Å². The fraction of sp³-hybridized carbons (Fsp3) is 0.400. The lowest BCUT2D eigenvalue weighted by molar-refractivity contribution is 0.171. The van der Waals surface area contributed by atoms with Gasteiger partial charge in [-0.15, -0.1) is 0 Å². The summed E-state index contributed by atoms with van der Waals surface area (Å²) >= 11 is 0. The lowest BCUT2D eigenvalue weighted by atomic mass is 10.2. The van der Waals surface area contributed by atoms with Crippen molar-refractivity contribution in [1.29, 1.82) is 0 Å². The van der Waals surface area contributed by atoms with Gasteiger partial charge in [0, 0.05) is 32.2 Å². The summed E-state index contributed by atoms with van der Waals surface area (Å²) in [5.74, 6) is 1.90. The topological polar surface area (TPSA) is 68.3 Å². The summed E-state index contributed by atoms with van der Waals surface area (Å²) in [5.41, 5.74) is 1.00. The maximum absolute atomic E-state index is 13.1. The Bertz CT molecular complexity index is 939. The van der Waals surface area contributed by atoms with Gasteiger partial charge in [0.1, 0.15) is 19.0 Å². The van der Waals surface area contributed by atoms with Crippen molar-refractivity contribution in [2.75, 3.05) is 50.9 Å². The Morgan fingerprint density at radius 2 is 1.68 bits per heavy atom. The highest BCUT2D eigenvalue weighted by atomic mass is 32.2. The predicted molar refractivity (Wildman–Crippen MR) is 106 cm³/mol.